The molecule has 0 spiro atoms. The Hall–Kier alpha value is -2.13. The van der Waals surface area contributed by atoms with Crippen LogP contribution in [0.15, 0.2) is 42.5 Å². The summed E-state index contributed by atoms with van der Waals surface area (Å²) in [7, 11) is 0. The number of hydrogen-bond acceptors (Lipinski definition) is 3. The third kappa shape index (κ3) is 2.57. The zero-order chi connectivity index (χ0) is 14.8. The highest BCUT2D eigenvalue weighted by atomic mass is 35.5. The summed E-state index contributed by atoms with van der Waals surface area (Å²) in [6, 6.07) is 13.8. The van der Waals surface area contributed by atoms with Crippen molar-refractivity contribution in [2.45, 2.75) is 13.8 Å². The molecule has 4 heteroatoms. The number of nitrogens with zero attached hydrogens (tertiary/aromatic N) is 2. The molecule has 0 radical (unpaired) electrons. The van der Waals surface area contributed by atoms with Gasteiger partial charge in [0.1, 0.15) is 5.82 Å². The van der Waals surface area contributed by atoms with E-state index in [0.29, 0.717) is 5.82 Å². The van der Waals surface area contributed by atoms with Gasteiger partial charge in [-0.15, -0.1) is 0 Å². The summed E-state index contributed by atoms with van der Waals surface area (Å²) in [5, 5.41) is 5.07. The minimum atomic E-state index is 0.699. The lowest BCUT2D eigenvalue weighted by atomic mass is 10.1. The van der Waals surface area contributed by atoms with Crippen molar-refractivity contribution in [2.24, 2.45) is 0 Å². The Kier molecular flexibility index (Phi) is 3.76. The number of para-hydroxylation sites is 1. The Morgan fingerprint density at radius 1 is 1.05 bits per heavy atom. The first-order valence-corrected chi connectivity index (χ1v) is 7.34. The van der Waals surface area contributed by atoms with Gasteiger partial charge < -0.3 is 5.32 Å². The summed E-state index contributed by atoms with van der Waals surface area (Å²) in [5.74, 6) is 1.56. The van der Waals surface area contributed by atoms with Gasteiger partial charge in [-0.3, -0.25) is 0 Å². The second kappa shape index (κ2) is 5.70. The highest BCUT2D eigenvalue weighted by Crippen LogP contribution is 2.29. The molecule has 0 saturated heterocycles. The molecule has 1 aromatic heterocycles. The molecule has 0 fully saturated rings. The third-order valence-electron chi connectivity index (χ3n) is 3.46. The topological polar surface area (TPSA) is 37.8 Å². The molecule has 3 nitrogen and oxygen atoms in total. The van der Waals surface area contributed by atoms with E-state index < -0.39 is 0 Å². The van der Waals surface area contributed by atoms with Crippen LogP contribution in [0.3, 0.4) is 0 Å². The molecule has 0 aliphatic rings. The average molecular weight is 298 g/mol. The number of nitrogens with one attached hydrogen (secondary N) is 1. The largest absolute Gasteiger partial charge is 0.370 e. The van der Waals surface area contributed by atoms with Gasteiger partial charge in [-0.2, -0.15) is 0 Å². The number of halogens is 1. The maximum Gasteiger partial charge on any atom is 0.162 e. The summed E-state index contributed by atoms with van der Waals surface area (Å²) < 4.78 is 0. The monoisotopic (exact) mass is 297 g/mol. The van der Waals surface area contributed by atoms with E-state index in [1.54, 1.807) is 0 Å². The maximum atomic E-state index is 6.21. The highest BCUT2D eigenvalue weighted by Gasteiger charge is 2.11. The van der Waals surface area contributed by atoms with Crippen LogP contribution in [0, 0.1) is 6.92 Å². The minimum absolute atomic E-state index is 0.699. The Balaban J connectivity index is 2.26. The molecule has 0 aliphatic heterocycles. The maximum absolute atomic E-state index is 6.21. The predicted molar refractivity (Wildman–Crippen MR) is 88.9 cm³/mol. The minimum Gasteiger partial charge on any atom is -0.370 e. The predicted octanol–water partition coefficient (Wildman–Crippen LogP) is 4.69. The highest BCUT2D eigenvalue weighted by molar-refractivity contribution is 6.31. The summed E-state index contributed by atoms with van der Waals surface area (Å²) in [4.78, 5) is 9.36. The normalized spacial score (nSPS) is 10.8. The molecule has 21 heavy (non-hydrogen) atoms. The van der Waals surface area contributed by atoms with E-state index >= 15 is 0 Å². The molecule has 106 valence electrons. The Bertz CT molecular complexity index is 799. The summed E-state index contributed by atoms with van der Waals surface area (Å²) in [5.41, 5.74) is 2.89. The van der Waals surface area contributed by atoms with Gasteiger partial charge in [0, 0.05) is 22.5 Å². The lowest BCUT2D eigenvalue weighted by Gasteiger charge is -2.11. The van der Waals surface area contributed by atoms with Gasteiger partial charge in [0.2, 0.25) is 0 Å². The molecule has 0 saturated carbocycles. The Morgan fingerprint density at radius 3 is 2.67 bits per heavy atom. The van der Waals surface area contributed by atoms with E-state index in [2.05, 4.69) is 22.2 Å². The zero-order valence-electron chi connectivity index (χ0n) is 12.0. The van der Waals surface area contributed by atoms with Crippen molar-refractivity contribution in [1.29, 1.82) is 0 Å². The van der Waals surface area contributed by atoms with Crippen molar-refractivity contribution in [3.8, 4) is 11.4 Å². The lowest BCUT2D eigenvalue weighted by Crippen LogP contribution is -2.03. The van der Waals surface area contributed by atoms with Crippen LogP contribution in [-0.2, 0) is 0 Å². The average Bonchev–Trinajstić information content (AvgIpc) is 2.50. The fourth-order valence-electron chi connectivity index (χ4n) is 2.35. The fraction of sp³-hybridized carbons (Fsp3) is 0.176. The first-order chi connectivity index (χ1) is 10.2. The summed E-state index contributed by atoms with van der Waals surface area (Å²) in [6.45, 7) is 4.86. The van der Waals surface area contributed by atoms with Gasteiger partial charge in [0.15, 0.2) is 5.82 Å². The molecule has 3 aromatic rings. The SMILES string of the molecule is CCNc1nc(-c2cccc(Cl)c2C)nc2ccccc12. The van der Waals surface area contributed by atoms with E-state index in [4.69, 9.17) is 11.6 Å². The molecule has 0 aliphatic carbocycles. The second-order valence-electron chi connectivity index (χ2n) is 4.86. The molecule has 1 N–H and O–H groups in total. The van der Waals surface area contributed by atoms with Gasteiger partial charge in [0.25, 0.3) is 0 Å². The Labute approximate surface area is 129 Å². The van der Waals surface area contributed by atoms with Gasteiger partial charge >= 0.3 is 0 Å². The van der Waals surface area contributed by atoms with Crippen LogP contribution >= 0.6 is 11.6 Å². The molecule has 0 atom stereocenters. The molecular formula is C17H16ClN3. The van der Waals surface area contributed by atoms with Crippen LogP contribution in [0.4, 0.5) is 5.82 Å². The number of anilines is 1. The Morgan fingerprint density at radius 2 is 1.86 bits per heavy atom. The summed E-state index contributed by atoms with van der Waals surface area (Å²) in [6.07, 6.45) is 0. The van der Waals surface area contributed by atoms with Crippen molar-refractivity contribution in [2.75, 3.05) is 11.9 Å². The standard InChI is InChI=1S/C17H16ClN3/c1-3-19-16-13-7-4-5-10-15(13)20-17(21-16)12-8-6-9-14(18)11(12)2/h4-10H,3H2,1-2H3,(H,19,20,21). The third-order valence-corrected chi connectivity index (χ3v) is 3.87. The van der Waals surface area contributed by atoms with E-state index in [1.807, 2.05) is 49.4 Å². The number of aromatic nitrogens is 2. The molecule has 0 bridgehead atoms. The number of benzene rings is 2. The number of fused-ring (bicyclic) bond motifs is 1. The number of rotatable bonds is 3. The van der Waals surface area contributed by atoms with E-state index in [1.165, 1.54) is 0 Å². The first-order valence-electron chi connectivity index (χ1n) is 6.97. The fourth-order valence-corrected chi connectivity index (χ4v) is 2.52. The van der Waals surface area contributed by atoms with Crippen LogP contribution < -0.4 is 5.32 Å². The van der Waals surface area contributed by atoms with Gasteiger partial charge in [0.05, 0.1) is 5.52 Å². The van der Waals surface area contributed by atoms with E-state index in [-0.39, 0.29) is 0 Å². The van der Waals surface area contributed by atoms with Gasteiger partial charge in [-0.25, -0.2) is 9.97 Å². The molecular weight excluding hydrogens is 282 g/mol. The van der Waals surface area contributed by atoms with Crippen molar-refractivity contribution < 1.29 is 0 Å². The van der Waals surface area contributed by atoms with Gasteiger partial charge in [-0.1, -0.05) is 35.9 Å². The van der Waals surface area contributed by atoms with Crippen molar-refractivity contribution in [1.82, 2.24) is 9.97 Å². The molecule has 0 amide bonds. The molecule has 2 aromatic carbocycles. The lowest BCUT2D eigenvalue weighted by molar-refractivity contribution is 1.14. The molecule has 3 rings (SSSR count). The second-order valence-corrected chi connectivity index (χ2v) is 5.26. The van der Waals surface area contributed by atoms with Crippen molar-refractivity contribution >= 4 is 28.3 Å². The van der Waals surface area contributed by atoms with Crippen LogP contribution in [-0.4, -0.2) is 16.5 Å². The van der Waals surface area contributed by atoms with Crippen LogP contribution in [0.25, 0.3) is 22.3 Å². The van der Waals surface area contributed by atoms with Crippen LogP contribution in [0.1, 0.15) is 12.5 Å². The van der Waals surface area contributed by atoms with Crippen LogP contribution in [0.2, 0.25) is 5.02 Å². The quantitative estimate of drug-likeness (QED) is 0.762. The van der Waals surface area contributed by atoms with Crippen LogP contribution in [0.5, 0.6) is 0 Å². The first kappa shape index (κ1) is 13.8. The summed E-state index contributed by atoms with van der Waals surface area (Å²) >= 11 is 6.21. The molecule has 1 heterocycles. The van der Waals surface area contributed by atoms with E-state index in [9.17, 15) is 0 Å². The molecule has 0 unspecified atom stereocenters. The van der Waals surface area contributed by atoms with Crippen molar-refractivity contribution in [3.05, 3.63) is 53.1 Å². The van der Waals surface area contributed by atoms with Crippen molar-refractivity contribution in [3.63, 3.8) is 0 Å². The van der Waals surface area contributed by atoms with E-state index in [0.717, 1.165) is 39.4 Å². The number of hydrogen-bond donors (Lipinski definition) is 1. The van der Waals surface area contributed by atoms with Gasteiger partial charge in [-0.05, 0) is 37.6 Å². The smallest absolute Gasteiger partial charge is 0.162 e. The zero-order valence-corrected chi connectivity index (χ0v) is 12.8.